The maximum atomic E-state index is 15.1. The summed E-state index contributed by atoms with van der Waals surface area (Å²) in [5, 5.41) is 11.0. The molecule has 0 saturated carbocycles. The molecular formula is C30H44FN3O6. The lowest BCUT2D eigenvalue weighted by atomic mass is 9.78. The molecule has 0 spiro atoms. The molecule has 9 nitrogen and oxygen atoms in total. The Morgan fingerprint density at radius 2 is 1.48 bits per heavy atom. The van der Waals surface area contributed by atoms with E-state index >= 15 is 4.39 Å². The first kappa shape index (κ1) is 32.8. The molecule has 0 bridgehead atoms. The van der Waals surface area contributed by atoms with Crippen LogP contribution in [0.2, 0.25) is 0 Å². The molecule has 1 heterocycles. The van der Waals surface area contributed by atoms with Crippen molar-refractivity contribution in [1.29, 1.82) is 0 Å². The number of aromatic nitrogens is 2. The summed E-state index contributed by atoms with van der Waals surface area (Å²) < 4.78 is 27.5. The summed E-state index contributed by atoms with van der Waals surface area (Å²) in [6, 6.07) is 3.39. The standard InChI is InChI=1S/C30H44FN3O6/c1-10-20(11-2)24(31)16-33-12-13-34(27(33)32-28(38)40-18-39-19(3)35)17-25(36)21-14-22(29(4,5)6)26(37)23(15-21)30(7,8)9/h12-15,20,24,37H,10-11,16-18H2,1-9H3/b32-27-. The van der Waals surface area contributed by atoms with Crippen LogP contribution in [0.3, 0.4) is 0 Å². The minimum absolute atomic E-state index is 0.0284. The first-order valence-corrected chi connectivity index (χ1v) is 13.6. The number of hydrogen-bond donors (Lipinski definition) is 1. The van der Waals surface area contributed by atoms with E-state index in [1.165, 1.54) is 16.1 Å². The number of hydrogen-bond acceptors (Lipinski definition) is 6. The molecule has 2 aromatic rings. The second kappa shape index (κ2) is 13.3. The van der Waals surface area contributed by atoms with Crippen LogP contribution in [-0.4, -0.2) is 45.1 Å². The molecule has 0 radical (unpaired) electrons. The number of aromatic hydroxyl groups is 1. The third-order valence-electron chi connectivity index (χ3n) is 6.87. The number of esters is 1. The Hall–Kier alpha value is -3.43. The van der Waals surface area contributed by atoms with Crippen molar-refractivity contribution in [3.05, 3.63) is 46.8 Å². The Labute approximate surface area is 236 Å². The maximum Gasteiger partial charge on any atom is 0.439 e. The first-order valence-electron chi connectivity index (χ1n) is 13.6. The minimum atomic E-state index is -1.20. The molecule has 0 aliphatic carbocycles. The van der Waals surface area contributed by atoms with Crippen LogP contribution >= 0.6 is 0 Å². The highest BCUT2D eigenvalue weighted by atomic mass is 19.1. The van der Waals surface area contributed by atoms with Crippen molar-refractivity contribution in [2.24, 2.45) is 10.9 Å². The highest BCUT2D eigenvalue weighted by molar-refractivity contribution is 5.96. The first-order chi connectivity index (χ1) is 18.5. The topological polar surface area (TPSA) is 112 Å². The van der Waals surface area contributed by atoms with Crippen LogP contribution in [0.5, 0.6) is 5.75 Å². The van der Waals surface area contributed by atoms with Gasteiger partial charge in [0.1, 0.15) is 11.9 Å². The SMILES string of the molecule is CCC(CC)C(F)Cn1ccn(CC(=O)c2cc(C(C)(C)C)c(O)c(C(C)(C)C)c2)/c1=N\C(=O)OCOC(C)=O. The molecular weight excluding hydrogens is 517 g/mol. The molecule has 1 amide bonds. The lowest BCUT2D eigenvalue weighted by molar-refractivity contribution is -0.148. The molecule has 1 atom stereocenters. The smallest absolute Gasteiger partial charge is 0.439 e. The van der Waals surface area contributed by atoms with E-state index in [1.54, 1.807) is 24.5 Å². The van der Waals surface area contributed by atoms with Crippen LogP contribution in [0.15, 0.2) is 29.5 Å². The fourth-order valence-electron chi connectivity index (χ4n) is 4.45. The predicted octanol–water partition coefficient (Wildman–Crippen LogP) is 5.81. The number of carbonyl (C=O) groups excluding carboxylic acids is 3. The molecule has 0 aliphatic heterocycles. The van der Waals surface area contributed by atoms with E-state index in [0.717, 1.165) is 0 Å². The molecule has 1 aromatic carbocycles. The lowest BCUT2D eigenvalue weighted by Gasteiger charge is -2.28. The number of rotatable bonds is 10. The summed E-state index contributed by atoms with van der Waals surface area (Å²) in [5.41, 5.74) is 0.880. The number of imidazole rings is 1. The number of alkyl halides is 1. The van der Waals surface area contributed by atoms with Gasteiger partial charge in [-0.2, -0.15) is 0 Å². The van der Waals surface area contributed by atoms with Crippen molar-refractivity contribution in [3.8, 4) is 5.75 Å². The van der Waals surface area contributed by atoms with Crippen LogP contribution in [0.25, 0.3) is 0 Å². The van der Waals surface area contributed by atoms with Crippen LogP contribution in [0.1, 0.15) is 96.6 Å². The number of ether oxygens (including phenoxy) is 2. The second-order valence-electron chi connectivity index (χ2n) is 12.1. The summed E-state index contributed by atoms with van der Waals surface area (Å²) in [6.45, 7) is 15.9. The van der Waals surface area contributed by atoms with Gasteiger partial charge in [-0.3, -0.25) is 9.59 Å². The summed E-state index contributed by atoms with van der Waals surface area (Å²) in [4.78, 5) is 41.0. The average molecular weight is 562 g/mol. The number of benzene rings is 1. The summed E-state index contributed by atoms with van der Waals surface area (Å²) >= 11 is 0. The molecule has 1 aromatic heterocycles. The van der Waals surface area contributed by atoms with Crippen LogP contribution in [-0.2, 0) is 38.2 Å². The van der Waals surface area contributed by atoms with Gasteiger partial charge in [-0.25, -0.2) is 9.18 Å². The van der Waals surface area contributed by atoms with Gasteiger partial charge >= 0.3 is 12.1 Å². The zero-order valence-electron chi connectivity index (χ0n) is 25.2. The van der Waals surface area contributed by atoms with Gasteiger partial charge in [-0.05, 0) is 28.9 Å². The van der Waals surface area contributed by atoms with E-state index in [0.29, 0.717) is 29.5 Å². The van der Waals surface area contributed by atoms with Crippen molar-refractivity contribution in [1.82, 2.24) is 9.13 Å². The number of carbonyl (C=O) groups is 3. The Kier molecular flexibility index (Phi) is 10.9. The van der Waals surface area contributed by atoms with Gasteiger partial charge in [0.15, 0.2) is 5.78 Å². The van der Waals surface area contributed by atoms with Crippen LogP contribution in [0, 0.1) is 5.92 Å². The zero-order chi connectivity index (χ0) is 30.4. The molecule has 222 valence electrons. The predicted molar refractivity (Wildman–Crippen MR) is 150 cm³/mol. The number of halogens is 1. The molecule has 1 unspecified atom stereocenters. The van der Waals surface area contributed by atoms with E-state index in [4.69, 9.17) is 4.74 Å². The van der Waals surface area contributed by atoms with Gasteiger partial charge in [-0.1, -0.05) is 68.2 Å². The van der Waals surface area contributed by atoms with Gasteiger partial charge in [0, 0.05) is 36.0 Å². The van der Waals surface area contributed by atoms with Gasteiger partial charge in [0.05, 0.1) is 13.1 Å². The summed E-state index contributed by atoms with van der Waals surface area (Å²) in [5.74, 6) is -0.914. The number of ketones is 1. The third-order valence-corrected chi connectivity index (χ3v) is 6.87. The largest absolute Gasteiger partial charge is 0.507 e. The Balaban J connectivity index is 2.54. The number of phenolic OH excluding ortho intramolecular Hbond substituents is 1. The maximum absolute atomic E-state index is 15.1. The molecule has 0 fully saturated rings. The lowest BCUT2D eigenvalue weighted by Crippen LogP contribution is -2.33. The van der Waals surface area contributed by atoms with Gasteiger partial charge in [-0.15, -0.1) is 4.99 Å². The van der Waals surface area contributed by atoms with E-state index in [9.17, 15) is 19.5 Å². The van der Waals surface area contributed by atoms with E-state index < -0.39 is 35.9 Å². The number of Topliss-reactive ketones (excluding diaryl/α,β-unsaturated/α-hetero) is 1. The molecule has 10 heteroatoms. The molecule has 0 aliphatic rings. The quantitative estimate of drug-likeness (QED) is 0.223. The van der Waals surface area contributed by atoms with Crippen LogP contribution in [0.4, 0.5) is 9.18 Å². The van der Waals surface area contributed by atoms with Crippen molar-refractivity contribution in [2.45, 2.75) is 105 Å². The van der Waals surface area contributed by atoms with Gasteiger partial charge in [0.25, 0.3) is 0 Å². The molecule has 0 saturated heterocycles. The zero-order valence-corrected chi connectivity index (χ0v) is 25.2. The Bertz CT molecular complexity index is 1240. The summed E-state index contributed by atoms with van der Waals surface area (Å²) in [6.07, 6.45) is 2.19. The third kappa shape index (κ3) is 8.53. The fourth-order valence-corrected chi connectivity index (χ4v) is 4.45. The van der Waals surface area contributed by atoms with Crippen molar-refractivity contribution in [2.75, 3.05) is 6.79 Å². The van der Waals surface area contributed by atoms with Gasteiger partial charge < -0.3 is 23.7 Å². The summed E-state index contributed by atoms with van der Waals surface area (Å²) in [7, 11) is 0. The van der Waals surface area contributed by atoms with Crippen LogP contribution < -0.4 is 5.62 Å². The monoisotopic (exact) mass is 561 g/mol. The number of phenols is 1. The van der Waals surface area contributed by atoms with Crippen molar-refractivity contribution >= 4 is 17.8 Å². The molecule has 40 heavy (non-hydrogen) atoms. The highest BCUT2D eigenvalue weighted by Gasteiger charge is 2.28. The normalized spacial score (nSPS) is 13.4. The number of nitrogens with zero attached hydrogens (tertiary/aromatic N) is 3. The highest BCUT2D eigenvalue weighted by Crippen LogP contribution is 2.39. The molecule has 2 rings (SSSR count). The molecule has 1 N–H and O–H groups in total. The fraction of sp³-hybridized carbons (Fsp3) is 0.600. The van der Waals surface area contributed by atoms with E-state index in [1.807, 2.05) is 55.4 Å². The Morgan fingerprint density at radius 1 is 0.950 bits per heavy atom. The Morgan fingerprint density at radius 3 is 1.95 bits per heavy atom. The van der Waals surface area contributed by atoms with Gasteiger partial charge in [0.2, 0.25) is 12.4 Å². The minimum Gasteiger partial charge on any atom is -0.507 e. The average Bonchev–Trinajstić information content (AvgIpc) is 3.18. The van der Waals surface area contributed by atoms with E-state index in [-0.39, 0.29) is 36.2 Å². The van der Waals surface area contributed by atoms with E-state index in [2.05, 4.69) is 9.73 Å². The van der Waals surface area contributed by atoms with Crippen molar-refractivity contribution in [3.63, 3.8) is 0 Å². The number of amides is 1. The second-order valence-corrected chi connectivity index (χ2v) is 12.1. The van der Waals surface area contributed by atoms with Crippen molar-refractivity contribution < 1.29 is 33.4 Å².